The van der Waals surface area contributed by atoms with Crippen LogP contribution in [0.1, 0.15) is 50.5 Å². The predicted octanol–water partition coefficient (Wildman–Crippen LogP) is 4.52. The number of anilines is 1. The number of piperidine rings is 2. The van der Waals surface area contributed by atoms with Crippen molar-refractivity contribution in [1.82, 2.24) is 9.88 Å². The largest absolute Gasteiger partial charge is 0.417 e. The Bertz CT molecular complexity index is 608. The van der Waals surface area contributed by atoms with Crippen molar-refractivity contribution in [2.24, 2.45) is 0 Å². The van der Waals surface area contributed by atoms with Gasteiger partial charge in [0.05, 0.1) is 17.8 Å². The van der Waals surface area contributed by atoms with Gasteiger partial charge in [-0.2, -0.15) is 13.2 Å². The number of rotatable bonds is 4. The molecule has 1 aliphatic carbocycles. The highest BCUT2D eigenvalue weighted by Crippen LogP contribution is 2.31. The SMILES string of the molecule is Cl.FC(F)(F)c1ccc(N2CCC(OC3CCN(C4CCC4)CC3)CC2)nc1. The van der Waals surface area contributed by atoms with E-state index in [1.807, 2.05) is 0 Å². The zero-order valence-electron chi connectivity index (χ0n) is 16.0. The molecule has 2 saturated heterocycles. The molecule has 1 saturated carbocycles. The van der Waals surface area contributed by atoms with Crippen LogP contribution in [0.3, 0.4) is 0 Å². The zero-order valence-corrected chi connectivity index (χ0v) is 16.9. The Kier molecular flexibility index (Phi) is 7.10. The number of likely N-dealkylation sites (tertiary alicyclic amines) is 1. The molecule has 0 atom stereocenters. The fraction of sp³-hybridized carbons (Fsp3) is 0.750. The molecule has 3 heterocycles. The first-order valence-corrected chi connectivity index (χ1v) is 10.2. The van der Waals surface area contributed by atoms with E-state index in [1.165, 1.54) is 25.3 Å². The van der Waals surface area contributed by atoms with E-state index >= 15 is 0 Å². The maximum absolute atomic E-state index is 12.7. The summed E-state index contributed by atoms with van der Waals surface area (Å²) in [6, 6.07) is 3.41. The van der Waals surface area contributed by atoms with Crippen LogP contribution >= 0.6 is 12.4 Å². The van der Waals surface area contributed by atoms with Crippen molar-refractivity contribution in [2.75, 3.05) is 31.1 Å². The molecule has 28 heavy (non-hydrogen) atoms. The molecular formula is C20H29ClF3N3O. The lowest BCUT2D eigenvalue weighted by atomic mass is 9.89. The maximum Gasteiger partial charge on any atom is 0.417 e. The van der Waals surface area contributed by atoms with E-state index in [0.717, 1.165) is 70.2 Å². The molecule has 0 unspecified atom stereocenters. The van der Waals surface area contributed by atoms with Crippen molar-refractivity contribution < 1.29 is 17.9 Å². The molecule has 0 spiro atoms. The standard InChI is InChI=1S/C20H28F3N3O.ClH/c21-20(22,23)15-4-5-19(24-14-15)26-12-8-18(9-13-26)27-17-6-10-25(11-7-17)16-2-1-3-16;/h4-5,14,16-18H,1-3,6-13H2;1H. The van der Waals surface area contributed by atoms with Gasteiger partial charge in [0.15, 0.2) is 0 Å². The zero-order chi connectivity index (χ0) is 18.9. The maximum atomic E-state index is 12.7. The molecule has 8 heteroatoms. The summed E-state index contributed by atoms with van der Waals surface area (Å²) < 4.78 is 44.3. The van der Waals surface area contributed by atoms with Gasteiger partial charge in [-0.25, -0.2) is 4.98 Å². The third-order valence-corrected chi connectivity index (χ3v) is 6.29. The van der Waals surface area contributed by atoms with Crippen molar-refractivity contribution in [3.05, 3.63) is 23.9 Å². The number of hydrogen-bond donors (Lipinski definition) is 0. The summed E-state index contributed by atoms with van der Waals surface area (Å²) in [6.07, 6.45) is 5.38. The number of pyridine rings is 1. The number of hydrogen-bond acceptors (Lipinski definition) is 4. The molecule has 0 radical (unpaired) electrons. The Morgan fingerprint density at radius 2 is 1.50 bits per heavy atom. The molecule has 0 amide bonds. The monoisotopic (exact) mass is 419 g/mol. The van der Waals surface area contributed by atoms with E-state index in [2.05, 4.69) is 14.8 Å². The first-order valence-electron chi connectivity index (χ1n) is 10.2. The van der Waals surface area contributed by atoms with Crippen LogP contribution in [0.15, 0.2) is 18.3 Å². The normalized spacial score (nSPS) is 23.3. The first-order chi connectivity index (χ1) is 13.0. The highest BCUT2D eigenvalue weighted by atomic mass is 35.5. The van der Waals surface area contributed by atoms with Crippen LogP contribution in [-0.2, 0) is 10.9 Å². The van der Waals surface area contributed by atoms with Gasteiger partial charge < -0.3 is 14.5 Å². The molecule has 0 bridgehead atoms. The smallest absolute Gasteiger partial charge is 0.375 e. The summed E-state index contributed by atoms with van der Waals surface area (Å²) >= 11 is 0. The summed E-state index contributed by atoms with van der Waals surface area (Å²) in [7, 11) is 0. The topological polar surface area (TPSA) is 28.6 Å². The van der Waals surface area contributed by atoms with Gasteiger partial charge in [0.2, 0.25) is 0 Å². The molecular weight excluding hydrogens is 391 g/mol. The highest BCUT2D eigenvalue weighted by Gasteiger charge is 2.32. The molecule has 158 valence electrons. The van der Waals surface area contributed by atoms with E-state index in [-0.39, 0.29) is 18.5 Å². The minimum Gasteiger partial charge on any atom is -0.375 e. The third kappa shape index (κ3) is 5.10. The third-order valence-electron chi connectivity index (χ3n) is 6.29. The van der Waals surface area contributed by atoms with Gasteiger partial charge in [0.1, 0.15) is 5.82 Å². The summed E-state index contributed by atoms with van der Waals surface area (Å²) in [6.45, 7) is 3.88. The summed E-state index contributed by atoms with van der Waals surface area (Å²) in [5.74, 6) is 0.621. The van der Waals surface area contributed by atoms with Crippen LogP contribution in [0.4, 0.5) is 19.0 Å². The Balaban J connectivity index is 0.00000225. The van der Waals surface area contributed by atoms with Crippen molar-refractivity contribution in [3.8, 4) is 0 Å². The average molecular weight is 420 g/mol. The second-order valence-electron chi connectivity index (χ2n) is 8.05. The van der Waals surface area contributed by atoms with Crippen LogP contribution in [0, 0.1) is 0 Å². The molecule has 3 fully saturated rings. The summed E-state index contributed by atoms with van der Waals surface area (Å²) in [5, 5.41) is 0. The molecule has 4 rings (SSSR count). The Labute approximate surface area is 170 Å². The lowest BCUT2D eigenvalue weighted by Gasteiger charge is -2.42. The van der Waals surface area contributed by atoms with Crippen molar-refractivity contribution in [1.29, 1.82) is 0 Å². The highest BCUT2D eigenvalue weighted by molar-refractivity contribution is 5.85. The van der Waals surface area contributed by atoms with Gasteiger partial charge in [-0.05, 0) is 50.7 Å². The number of alkyl halides is 3. The number of aromatic nitrogens is 1. The quantitative estimate of drug-likeness (QED) is 0.717. The fourth-order valence-corrected chi connectivity index (χ4v) is 4.36. The second-order valence-corrected chi connectivity index (χ2v) is 8.05. The fourth-order valence-electron chi connectivity index (χ4n) is 4.36. The lowest BCUT2D eigenvalue weighted by molar-refractivity contribution is -0.137. The van der Waals surface area contributed by atoms with Crippen LogP contribution in [0.25, 0.3) is 0 Å². The van der Waals surface area contributed by atoms with Gasteiger partial charge in [0.25, 0.3) is 0 Å². The molecule has 1 aromatic rings. The van der Waals surface area contributed by atoms with E-state index < -0.39 is 11.7 Å². The number of ether oxygens (including phenoxy) is 1. The molecule has 1 aromatic heterocycles. The number of nitrogens with zero attached hydrogens (tertiary/aromatic N) is 3. The van der Waals surface area contributed by atoms with Crippen molar-refractivity contribution >= 4 is 18.2 Å². The van der Waals surface area contributed by atoms with E-state index in [9.17, 15) is 13.2 Å². The molecule has 2 aliphatic heterocycles. The van der Waals surface area contributed by atoms with E-state index in [1.54, 1.807) is 0 Å². The summed E-state index contributed by atoms with van der Waals surface area (Å²) in [5.41, 5.74) is -0.697. The van der Waals surface area contributed by atoms with Crippen molar-refractivity contribution in [2.45, 2.75) is 69.4 Å². The van der Waals surface area contributed by atoms with Gasteiger partial charge in [-0.15, -0.1) is 12.4 Å². The molecule has 0 aromatic carbocycles. The van der Waals surface area contributed by atoms with Crippen LogP contribution in [-0.4, -0.2) is 54.3 Å². The summed E-state index contributed by atoms with van der Waals surface area (Å²) in [4.78, 5) is 8.69. The van der Waals surface area contributed by atoms with Crippen molar-refractivity contribution in [3.63, 3.8) is 0 Å². The van der Waals surface area contributed by atoms with Crippen LogP contribution in [0.5, 0.6) is 0 Å². The Morgan fingerprint density at radius 3 is 1.96 bits per heavy atom. The molecule has 0 N–H and O–H groups in total. The van der Waals surface area contributed by atoms with E-state index in [4.69, 9.17) is 4.74 Å². The predicted molar refractivity (Wildman–Crippen MR) is 105 cm³/mol. The van der Waals surface area contributed by atoms with Crippen LogP contribution in [0.2, 0.25) is 0 Å². The van der Waals surface area contributed by atoms with Gasteiger partial charge in [0, 0.05) is 38.4 Å². The minimum atomic E-state index is -4.33. The van der Waals surface area contributed by atoms with E-state index in [0.29, 0.717) is 11.9 Å². The van der Waals surface area contributed by atoms with Gasteiger partial charge in [-0.1, -0.05) is 6.42 Å². The van der Waals surface area contributed by atoms with Gasteiger partial charge in [-0.3, -0.25) is 0 Å². The lowest BCUT2D eigenvalue weighted by Crippen LogP contribution is -2.47. The second kappa shape index (κ2) is 9.18. The molecule has 3 aliphatic rings. The molecule has 4 nitrogen and oxygen atoms in total. The van der Waals surface area contributed by atoms with Crippen LogP contribution < -0.4 is 4.90 Å². The first kappa shape index (κ1) is 21.7. The Hall–Kier alpha value is -1.05. The Morgan fingerprint density at radius 1 is 0.893 bits per heavy atom. The average Bonchev–Trinajstić information content (AvgIpc) is 2.62. The van der Waals surface area contributed by atoms with Gasteiger partial charge >= 0.3 is 6.18 Å². The minimum absolute atomic E-state index is 0. The number of halogens is 4.